The van der Waals surface area contributed by atoms with E-state index < -0.39 is 5.54 Å². The molecule has 3 rings (SSSR count). The monoisotopic (exact) mass is 271 g/mol. The molecule has 0 radical (unpaired) electrons. The summed E-state index contributed by atoms with van der Waals surface area (Å²) in [5, 5.41) is 2.86. The quantitative estimate of drug-likeness (QED) is 0.662. The molecule has 5 nitrogen and oxygen atoms in total. The minimum Gasteiger partial charge on any atom is -0.364 e. The lowest BCUT2D eigenvalue weighted by Gasteiger charge is -2.30. The fraction of sp³-hybridized carbons (Fsp3) is 0.467. The average molecular weight is 271 g/mol. The molecule has 104 valence electrons. The maximum atomic E-state index is 11.5. The Morgan fingerprint density at radius 2 is 2.10 bits per heavy atom. The highest BCUT2D eigenvalue weighted by molar-refractivity contribution is 6.01. The van der Waals surface area contributed by atoms with Crippen molar-refractivity contribution in [1.29, 1.82) is 0 Å². The summed E-state index contributed by atoms with van der Waals surface area (Å²) in [6, 6.07) is 5.91. The zero-order valence-electron chi connectivity index (χ0n) is 11.5. The molecule has 1 aromatic carbocycles. The largest absolute Gasteiger partial charge is 0.364 e. The number of aliphatic imine (C=N–C) groups is 1. The van der Waals surface area contributed by atoms with Crippen LogP contribution >= 0.6 is 0 Å². The first-order valence-corrected chi connectivity index (χ1v) is 6.89. The van der Waals surface area contributed by atoms with E-state index in [1.54, 1.807) is 6.08 Å². The smallest absolute Gasteiger partial charge is 0.243 e. The van der Waals surface area contributed by atoms with Crippen LogP contribution in [0.15, 0.2) is 23.2 Å². The van der Waals surface area contributed by atoms with Crippen molar-refractivity contribution in [2.24, 2.45) is 4.99 Å². The van der Waals surface area contributed by atoms with Gasteiger partial charge in [-0.05, 0) is 30.5 Å². The topological polar surface area (TPSA) is 61.8 Å². The number of hydrogen-bond acceptors (Lipinski definition) is 4. The van der Waals surface area contributed by atoms with Crippen LogP contribution in [0.3, 0.4) is 0 Å². The highest BCUT2D eigenvalue weighted by Crippen LogP contribution is 2.44. The number of likely N-dealkylation sites (N-methyl/N-ethyl adjacent to an activating group) is 1. The molecule has 20 heavy (non-hydrogen) atoms. The summed E-state index contributed by atoms with van der Waals surface area (Å²) in [6.45, 7) is 0.348. The maximum absolute atomic E-state index is 11.5. The summed E-state index contributed by atoms with van der Waals surface area (Å²) >= 11 is 0. The van der Waals surface area contributed by atoms with Gasteiger partial charge in [0.1, 0.15) is 0 Å². The van der Waals surface area contributed by atoms with Gasteiger partial charge < -0.3 is 10.2 Å². The lowest BCUT2D eigenvalue weighted by Crippen LogP contribution is -2.35. The van der Waals surface area contributed by atoms with Gasteiger partial charge in [-0.2, -0.15) is 4.99 Å². The lowest BCUT2D eigenvalue weighted by molar-refractivity contribution is -0.115. The number of hydrogen-bond donors (Lipinski definition) is 1. The second-order valence-electron chi connectivity index (χ2n) is 5.58. The molecule has 0 aromatic heterocycles. The Morgan fingerprint density at radius 1 is 1.35 bits per heavy atom. The van der Waals surface area contributed by atoms with Crippen LogP contribution in [-0.4, -0.2) is 25.6 Å². The van der Waals surface area contributed by atoms with Gasteiger partial charge in [-0.25, -0.2) is 4.79 Å². The van der Waals surface area contributed by atoms with Crippen LogP contribution in [-0.2, 0) is 15.1 Å². The summed E-state index contributed by atoms with van der Waals surface area (Å²) < 4.78 is 0. The minimum absolute atomic E-state index is 0.00533. The van der Waals surface area contributed by atoms with Crippen molar-refractivity contribution in [2.45, 2.75) is 31.2 Å². The van der Waals surface area contributed by atoms with Crippen molar-refractivity contribution < 1.29 is 9.59 Å². The zero-order valence-corrected chi connectivity index (χ0v) is 11.5. The standard InChI is InChI=1S/C15H17N3O2/c1-18-9-14(20)17-12-5-4-11(8-13(12)18)15(16-10-19)6-2-3-7-15/h4-5,8H,2-3,6-7,9H2,1H3,(H,17,20). The average Bonchev–Trinajstić information content (AvgIpc) is 2.88. The van der Waals surface area contributed by atoms with E-state index in [1.165, 1.54) is 0 Å². The van der Waals surface area contributed by atoms with Gasteiger partial charge in [0.05, 0.1) is 23.5 Å². The molecule has 2 aliphatic rings. The Labute approximate surface area is 117 Å². The van der Waals surface area contributed by atoms with Crippen LogP contribution in [0.4, 0.5) is 11.4 Å². The zero-order chi connectivity index (χ0) is 14.2. The van der Waals surface area contributed by atoms with E-state index in [2.05, 4.69) is 10.3 Å². The van der Waals surface area contributed by atoms with Crippen molar-refractivity contribution in [3.05, 3.63) is 23.8 Å². The predicted octanol–water partition coefficient (Wildman–Crippen LogP) is 2.18. The second kappa shape index (κ2) is 4.76. The molecule has 1 amide bonds. The Kier molecular flexibility index (Phi) is 3.07. The van der Waals surface area contributed by atoms with Gasteiger partial charge in [-0.1, -0.05) is 18.9 Å². The van der Waals surface area contributed by atoms with Crippen LogP contribution in [0.2, 0.25) is 0 Å². The molecule has 0 saturated heterocycles. The Balaban J connectivity index is 2.05. The molecule has 1 fully saturated rings. The maximum Gasteiger partial charge on any atom is 0.243 e. The van der Waals surface area contributed by atoms with E-state index in [9.17, 15) is 9.59 Å². The van der Waals surface area contributed by atoms with Gasteiger partial charge in [0, 0.05) is 7.05 Å². The van der Waals surface area contributed by atoms with Crippen molar-refractivity contribution in [3.8, 4) is 0 Å². The first kappa shape index (κ1) is 12.9. The van der Waals surface area contributed by atoms with Gasteiger partial charge in [0.15, 0.2) is 0 Å². The number of benzene rings is 1. The third kappa shape index (κ3) is 2.00. The number of carbonyl (C=O) groups excluding carboxylic acids is 2. The molecule has 0 atom stereocenters. The normalized spacial score (nSPS) is 20.1. The molecule has 1 saturated carbocycles. The molecule has 5 heteroatoms. The molecule has 0 spiro atoms. The number of carbonyl (C=O) groups is 1. The highest BCUT2D eigenvalue weighted by atomic mass is 16.2. The molecule has 1 N–H and O–H groups in total. The predicted molar refractivity (Wildman–Crippen MR) is 76.6 cm³/mol. The Bertz CT molecular complexity index is 599. The highest BCUT2D eigenvalue weighted by Gasteiger charge is 2.36. The van der Waals surface area contributed by atoms with Crippen LogP contribution in [0, 0.1) is 0 Å². The van der Waals surface area contributed by atoms with Crippen molar-refractivity contribution in [1.82, 2.24) is 0 Å². The van der Waals surface area contributed by atoms with Crippen LogP contribution in [0.25, 0.3) is 0 Å². The van der Waals surface area contributed by atoms with Crippen LogP contribution in [0.5, 0.6) is 0 Å². The van der Waals surface area contributed by atoms with Crippen molar-refractivity contribution >= 4 is 23.4 Å². The molecular formula is C15H17N3O2. The number of rotatable bonds is 2. The summed E-state index contributed by atoms with van der Waals surface area (Å²) in [7, 11) is 1.89. The summed E-state index contributed by atoms with van der Waals surface area (Å²) in [4.78, 5) is 28.3. The van der Waals surface area contributed by atoms with E-state index in [-0.39, 0.29) is 5.91 Å². The van der Waals surface area contributed by atoms with Gasteiger partial charge in [0.25, 0.3) is 0 Å². The van der Waals surface area contributed by atoms with Crippen LogP contribution < -0.4 is 10.2 Å². The third-order valence-electron chi connectivity index (χ3n) is 4.29. The molecule has 1 aromatic rings. The van der Waals surface area contributed by atoms with Gasteiger partial charge in [-0.3, -0.25) is 4.79 Å². The number of amides is 1. The fourth-order valence-corrected chi connectivity index (χ4v) is 3.25. The van der Waals surface area contributed by atoms with E-state index in [0.717, 1.165) is 42.6 Å². The minimum atomic E-state index is -0.418. The first-order chi connectivity index (χ1) is 9.64. The Hall–Kier alpha value is -2.13. The van der Waals surface area contributed by atoms with Crippen molar-refractivity contribution in [2.75, 3.05) is 23.8 Å². The molecule has 1 aliphatic carbocycles. The van der Waals surface area contributed by atoms with Gasteiger partial charge in [-0.15, -0.1) is 0 Å². The van der Waals surface area contributed by atoms with E-state index in [4.69, 9.17) is 0 Å². The lowest BCUT2D eigenvalue weighted by atomic mass is 9.88. The number of anilines is 2. The summed E-state index contributed by atoms with van der Waals surface area (Å²) in [6.07, 6.45) is 5.67. The molecule has 1 aliphatic heterocycles. The van der Waals surface area contributed by atoms with E-state index in [0.29, 0.717) is 6.54 Å². The number of fused-ring (bicyclic) bond motifs is 1. The van der Waals surface area contributed by atoms with Gasteiger partial charge >= 0.3 is 0 Å². The van der Waals surface area contributed by atoms with E-state index >= 15 is 0 Å². The second-order valence-corrected chi connectivity index (χ2v) is 5.58. The molecule has 1 heterocycles. The number of nitrogens with one attached hydrogen (secondary N) is 1. The Morgan fingerprint density at radius 3 is 2.80 bits per heavy atom. The van der Waals surface area contributed by atoms with Crippen molar-refractivity contribution in [3.63, 3.8) is 0 Å². The first-order valence-electron chi connectivity index (χ1n) is 6.89. The summed E-state index contributed by atoms with van der Waals surface area (Å²) in [5.41, 5.74) is 2.42. The fourth-order valence-electron chi connectivity index (χ4n) is 3.25. The number of isocyanates is 1. The number of nitrogens with zero attached hydrogens (tertiary/aromatic N) is 2. The molecular weight excluding hydrogens is 254 g/mol. The molecule has 0 bridgehead atoms. The molecule has 0 unspecified atom stereocenters. The van der Waals surface area contributed by atoms with E-state index in [1.807, 2.05) is 30.1 Å². The van der Waals surface area contributed by atoms with Crippen LogP contribution in [0.1, 0.15) is 31.2 Å². The van der Waals surface area contributed by atoms with Gasteiger partial charge in [0.2, 0.25) is 12.0 Å². The third-order valence-corrected chi connectivity index (χ3v) is 4.29. The summed E-state index contributed by atoms with van der Waals surface area (Å²) in [5.74, 6) is -0.00533. The SMILES string of the molecule is CN1CC(=O)Nc2ccc(C3(N=C=O)CCCC3)cc21.